The first-order chi connectivity index (χ1) is 22.3. The van der Waals surface area contributed by atoms with Crippen molar-refractivity contribution in [1.29, 1.82) is 0 Å². The van der Waals surface area contributed by atoms with Crippen molar-refractivity contribution in [1.82, 2.24) is 0 Å². The number of benzene rings is 8. The molecule has 0 spiro atoms. The third-order valence-corrected chi connectivity index (χ3v) is 8.66. The molecule has 0 aliphatic heterocycles. The van der Waals surface area contributed by atoms with Gasteiger partial charge in [-0.05, 0) is 79.9 Å². The van der Waals surface area contributed by atoms with Crippen molar-refractivity contribution in [2.75, 3.05) is 4.90 Å². The Morgan fingerprint density at radius 3 is 1.56 bits per heavy atom. The standard InChI is InChI=1S/C44H31N/c1-2-13-32(14-3-1)39-22-8-9-23-41(39)35-27-29-37(30-28-35)45(44-26-12-18-34-16-5-7-24-43(34)44)38-20-10-19-36(31-38)42-25-11-17-33-15-4-6-21-40(33)42/h1-31H. The topological polar surface area (TPSA) is 3.24 Å². The highest BCUT2D eigenvalue weighted by molar-refractivity contribution is 6.01. The number of nitrogens with zero attached hydrogens (tertiary/aromatic N) is 1. The molecule has 0 aromatic heterocycles. The van der Waals surface area contributed by atoms with Gasteiger partial charge < -0.3 is 4.90 Å². The van der Waals surface area contributed by atoms with E-state index in [-0.39, 0.29) is 0 Å². The fourth-order valence-electron chi connectivity index (χ4n) is 6.51. The van der Waals surface area contributed by atoms with Crippen LogP contribution in [0.4, 0.5) is 17.1 Å². The van der Waals surface area contributed by atoms with E-state index in [1.807, 2.05) is 0 Å². The zero-order chi connectivity index (χ0) is 30.0. The Labute approximate surface area is 264 Å². The van der Waals surface area contributed by atoms with Crippen LogP contribution < -0.4 is 4.90 Å². The first kappa shape index (κ1) is 26.7. The first-order valence-electron chi connectivity index (χ1n) is 15.4. The second-order valence-electron chi connectivity index (χ2n) is 11.4. The lowest BCUT2D eigenvalue weighted by molar-refractivity contribution is 1.30. The van der Waals surface area contributed by atoms with Crippen molar-refractivity contribution in [3.8, 4) is 33.4 Å². The van der Waals surface area contributed by atoms with Crippen molar-refractivity contribution >= 4 is 38.6 Å². The normalized spacial score (nSPS) is 11.1. The third-order valence-electron chi connectivity index (χ3n) is 8.66. The molecular weight excluding hydrogens is 542 g/mol. The Balaban J connectivity index is 1.28. The summed E-state index contributed by atoms with van der Waals surface area (Å²) in [4.78, 5) is 2.39. The molecule has 0 unspecified atom stereocenters. The SMILES string of the molecule is c1ccc(-c2ccccc2-c2ccc(N(c3cccc(-c4cccc5ccccc45)c3)c3cccc4ccccc34)cc2)cc1. The molecule has 45 heavy (non-hydrogen) atoms. The van der Waals surface area contributed by atoms with E-state index in [0.29, 0.717) is 0 Å². The van der Waals surface area contributed by atoms with Gasteiger partial charge in [0.1, 0.15) is 0 Å². The van der Waals surface area contributed by atoms with Gasteiger partial charge in [0.2, 0.25) is 0 Å². The summed E-state index contributed by atoms with van der Waals surface area (Å²) in [5.41, 5.74) is 10.7. The average Bonchev–Trinajstić information content (AvgIpc) is 3.12. The van der Waals surface area contributed by atoms with E-state index in [2.05, 4.69) is 193 Å². The summed E-state index contributed by atoms with van der Waals surface area (Å²) >= 11 is 0. The van der Waals surface area contributed by atoms with Crippen LogP contribution >= 0.6 is 0 Å². The molecule has 1 heteroatoms. The van der Waals surface area contributed by atoms with E-state index >= 15 is 0 Å². The van der Waals surface area contributed by atoms with E-state index < -0.39 is 0 Å². The number of hydrogen-bond acceptors (Lipinski definition) is 1. The number of anilines is 3. The molecule has 212 valence electrons. The minimum atomic E-state index is 1.11. The lowest BCUT2D eigenvalue weighted by Gasteiger charge is -2.27. The molecule has 0 saturated heterocycles. The maximum Gasteiger partial charge on any atom is 0.0540 e. The molecule has 0 radical (unpaired) electrons. The Hall–Kier alpha value is -5.92. The van der Waals surface area contributed by atoms with Crippen LogP contribution in [0.3, 0.4) is 0 Å². The molecule has 0 fully saturated rings. The Kier molecular flexibility index (Phi) is 6.90. The Morgan fingerprint density at radius 2 is 0.800 bits per heavy atom. The number of rotatable bonds is 6. The molecule has 0 aliphatic carbocycles. The smallest absolute Gasteiger partial charge is 0.0540 e. The molecule has 8 aromatic rings. The number of hydrogen-bond donors (Lipinski definition) is 0. The van der Waals surface area contributed by atoms with E-state index in [1.54, 1.807) is 0 Å². The zero-order valence-corrected chi connectivity index (χ0v) is 24.8. The molecule has 8 aromatic carbocycles. The van der Waals surface area contributed by atoms with Gasteiger partial charge >= 0.3 is 0 Å². The minimum absolute atomic E-state index is 1.11. The van der Waals surface area contributed by atoms with Crippen LogP contribution in [0, 0.1) is 0 Å². The van der Waals surface area contributed by atoms with Crippen LogP contribution in [-0.4, -0.2) is 0 Å². The molecule has 1 nitrogen and oxygen atoms in total. The molecular formula is C44H31N. The van der Waals surface area contributed by atoms with Gasteiger partial charge in [-0.25, -0.2) is 0 Å². The molecule has 0 bridgehead atoms. The Bertz CT molecular complexity index is 2250. The fourth-order valence-corrected chi connectivity index (χ4v) is 6.51. The predicted molar refractivity (Wildman–Crippen MR) is 192 cm³/mol. The average molecular weight is 574 g/mol. The highest BCUT2D eigenvalue weighted by Crippen LogP contribution is 2.42. The molecule has 0 saturated carbocycles. The first-order valence-corrected chi connectivity index (χ1v) is 15.4. The van der Waals surface area contributed by atoms with Gasteiger partial charge in [-0.15, -0.1) is 0 Å². The summed E-state index contributed by atoms with van der Waals surface area (Å²) in [5.74, 6) is 0. The van der Waals surface area contributed by atoms with Gasteiger partial charge in [-0.3, -0.25) is 0 Å². The molecule has 0 aliphatic rings. The minimum Gasteiger partial charge on any atom is -0.310 e. The largest absolute Gasteiger partial charge is 0.310 e. The van der Waals surface area contributed by atoms with Crippen LogP contribution in [0.1, 0.15) is 0 Å². The lowest BCUT2D eigenvalue weighted by atomic mass is 9.94. The van der Waals surface area contributed by atoms with E-state index in [0.717, 1.165) is 17.1 Å². The van der Waals surface area contributed by atoms with E-state index in [1.165, 1.54) is 54.9 Å². The van der Waals surface area contributed by atoms with Crippen LogP contribution in [0.25, 0.3) is 54.9 Å². The molecule has 0 amide bonds. The van der Waals surface area contributed by atoms with E-state index in [9.17, 15) is 0 Å². The van der Waals surface area contributed by atoms with Crippen molar-refractivity contribution < 1.29 is 0 Å². The highest BCUT2D eigenvalue weighted by Gasteiger charge is 2.17. The summed E-state index contributed by atoms with van der Waals surface area (Å²) in [6.07, 6.45) is 0. The highest BCUT2D eigenvalue weighted by atomic mass is 15.1. The molecule has 0 atom stereocenters. The second kappa shape index (κ2) is 11.6. The fraction of sp³-hybridized carbons (Fsp3) is 0. The monoisotopic (exact) mass is 573 g/mol. The van der Waals surface area contributed by atoms with Gasteiger partial charge in [0, 0.05) is 16.8 Å². The maximum atomic E-state index is 2.39. The van der Waals surface area contributed by atoms with Gasteiger partial charge in [0.25, 0.3) is 0 Å². The van der Waals surface area contributed by atoms with Crippen molar-refractivity contribution in [3.63, 3.8) is 0 Å². The summed E-state index contributed by atoms with van der Waals surface area (Å²) in [6.45, 7) is 0. The maximum absolute atomic E-state index is 2.39. The van der Waals surface area contributed by atoms with Gasteiger partial charge in [-0.2, -0.15) is 0 Å². The Morgan fingerprint density at radius 1 is 0.289 bits per heavy atom. The molecule has 8 rings (SSSR count). The quantitative estimate of drug-likeness (QED) is 0.191. The lowest BCUT2D eigenvalue weighted by Crippen LogP contribution is -2.10. The van der Waals surface area contributed by atoms with Crippen molar-refractivity contribution in [2.24, 2.45) is 0 Å². The second-order valence-corrected chi connectivity index (χ2v) is 11.4. The third kappa shape index (κ3) is 5.05. The van der Waals surface area contributed by atoms with E-state index in [4.69, 9.17) is 0 Å². The van der Waals surface area contributed by atoms with Crippen molar-refractivity contribution in [2.45, 2.75) is 0 Å². The molecule has 0 heterocycles. The van der Waals surface area contributed by atoms with Gasteiger partial charge in [0.15, 0.2) is 0 Å². The predicted octanol–water partition coefficient (Wildman–Crippen LogP) is 12.5. The van der Waals surface area contributed by atoms with Crippen LogP contribution in [0.15, 0.2) is 188 Å². The summed E-state index contributed by atoms with van der Waals surface area (Å²) < 4.78 is 0. The molecule has 0 N–H and O–H groups in total. The van der Waals surface area contributed by atoms with Crippen molar-refractivity contribution in [3.05, 3.63) is 188 Å². The van der Waals surface area contributed by atoms with Gasteiger partial charge in [0.05, 0.1) is 5.69 Å². The number of fused-ring (bicyclic) bond motifs is 2. The van der Waals surface area contributed by atoms with Crippen LogP contribution in [-0.2, 0) is 0 Å². The van der Waals surface area contributed by atoms with Gasteiger partial charge in [-0.1, -0.05) is 158 Å². The summed E-state index contributed by atoms with van der Waals surface area (Å²) in [5, 5.41) is 4.95. The summed E-state index contributed by atoms with van der Waals surface area (Å²) in [6, 6.07) is 67.6. The van der Waals surface area contributed by atoms with Crippen LogP contribution in [0.2, 0.25) is 0 Å². The van der Waals surface area contributed by atoms with Crippen LogP contribution in [0.5, 0.6) is 0 Å². The summed E-state index contributed by atoms with van der Waals surface area (Å²) in [7, 11) is 0. The zero-order valence-electron chi connectivity index (χ0n) is 24.8.